The molecule has 0 bridgehead atoms. The first-order valence-electron chi connectivity index (χ1n) is 5.90. The van der Waals surface area contributed by atoms with E-state index in [1.807, 2.05) is 0 Å². The average molecular weight is 265 g/mol. The predicted molar refractivity (Wildman–Crippen MR) is 70.0 cm³/mol. The minimum Gasteiger partial charge on any atom is -0.494 e. The molecule has 0 atom stereocenters. The summed E-state index contributed by atoms with van der Waals surface area (Å²) < 4.78 is 24.1. The molecule has 1 aromatic heterocycles. The van der Waals surface area contributed by atoms with E-state index in [-0.39, 0.29) is 11.4 Å². The summed E-state index contributed by atoms with van der Waals surface area (Å²) in [6, 6.07) is 4.60. The molecule has 0 fully saturated rings. The lowest BCUT2D eigenvalue weighted by molar-refractivity contribution is 0.00639. The molecule has 1 heterocycles. The van der Waals surface area contributed by atoms with Crippen molar-refractivity contribution in [1.82, 2.24) is 4.98 Å². The molecule has 19 heavy (non-hydrogen) atoms. The summed E-state index contributed by atoms with van der Waals surface area (Å²) >= 11 is 0. The second-order valence-electron chi connectivity index (χ2n) is 5.23. The molecule has 2 rings (SSSR count). The quantitative estimate of drug-likeness (QED) is 0.848. The number of benzene rings is 1. The topological polar surface area (TPSA) is 51.3 Å². The Labute approximate surface area is 110 Å². The molecule has 0 radical (unpaired) electrons. The minimum absolute atomic E-state index is 0.141. The van der Waals surface area contributed by atoms with Crippen LogP contribution >= 0.6 is 0 Å². The van der Waals surface area contributed by atoms with E-state index in [9.17, 15) is 9.18 Å². The van der Waals surface area contributed by atoms with Gasteiger partial charge in [0.1, 0.15) is 11.3 Å². The highest BCUT2D eigenvalue weighted by Gasteiger charge is 2.20. The van der Waals surface area contributed by atoms with Crippen molar-refractivity contribution >= 4 is 16.9 Å². The molecule has 0 unspecified atom stereocenters. The third kappa shape index (κ3) is 2.70. The Morgan fingerprint density at radius 1 is 1.32 bits per heavy atom. The first-order chi connectivity index (χ1) is 8.81. The third-order valence-corrected chi connectivity index (χ3v) is 2.54. The molecular weight excluding hydrogens is 249 g/mol. The van der Waals surface area contributed by atoms with Crippen LogP contribution in [-0.4, -0.2) is 23.7 Å². The first kappa shape index (κ1) is 13.4. The predicted octanol–water partition coefficient (Wildman–Crippen LogP) is 3.27. The van der Waals surface area contributed by atoms with E-state index in [2.05, 4.69) is 4.98 Å². The van der Waals surface area contributed by atoms with Crippen molar-refractivity contribution in [3.8, 4) is 5.75 Å². The van der Waals surface area contributed by atoms with Crippen LogP contribution in [-0.2, 0) is 4.74 Å². The van der Waals surface area contributed by atoms with E-state index in [0.717, 1.165) is 0 Å². The fourth-order valence-corrected chi connectivity index (χ4v) is 1.75. The smallest absolute Gasteiger partial charge is 0.355 e. The Balaban J connectivity index is 2.42. The second kappa shape index (κ2) is 4.57. The van der Waals surface area contributed by atoms with E-state index >= 15 is 0 Å². The second-order valence-corrected chi connectivity index (χ2v) is 5.23. The number of carbonyl (C=O) groups is 1. The molecule has 0 aliphatic rings. The summed E-state index contributed by atoms with van der Waals surface area (Å²) in [5, 5.41) is 0.306. The van der Waals surface area contributed by atoms with Crippen molar-refractivity contribution in [2.75, 3.05) is 7.11 Å². The highest BCUT2D eigenvalue weighted by atomic mass is 19.1. The highest BCUT2D eigenvalue weighted by Crippen LogP contribution is 2.27. The molecule has 2 aromatic rings. The fourth-order valence-electron chi connectivity index (χ4n) is 1.75. The molecule has 102 valence electrons. The number of aromatic nitrogens is 1. The molecule has 5 heteroatoms. The van der Waals surface area contributed by atoms with E-state index in [0.29, 0.717) is 10.9 Å². The number of hydrogen-bond acceptors (Lipinski definition) is 3. The van der Waals surface area contributed by atoms with Crippen molar-refractivity contribution in [3.05, 3.63) is 29.7 Å². The number of halogens is 1. The number of nitrogens with one attached hydrogen (secondary N) is 1. The van der Waals surface area contributed by atoms with Crippen LogP contribution in [0.5, 0.6) is 5.75 Å². The monoisotopic (exact) mass is 265 g/mol. The molecule has 0 saturated heterocycles. The van der Waals surface area contributed by atoms with Crippen molar-refractivity contribution in [1.29, 1.82) is 0 Å². The van der Waals surface area contributed by atoms with E-state index in [1.54, 1.807) is 26.8 Å². The fraction of sp³-hybridized carbons (Fsp3) is 0.357. The van der Waals surface area contributed by atoms with E-state index in [1.165, 1.54) is 19.2 Å². The van der Waals surface area contributed by atoms with Gasteiger partial charge in [0.25, 0.3) is 0 Å². The number of carbonyl (C=O) groups excluding carboxylic acids is 1. The zero-order chi connectivity index (χ0) is 14.2. The van der Waals surface area contributed by atoms with Gasteiger partial charge in [0.05, 0.1) is 7.11 Å². The van der Waals surface area contributed by atoms with Gasteiger partial charge in [-0.15, -0.1) is 0 Å². The number of esters is 1. The van der Waals surface area contributed by atoms with Gasteiger partial charge in [-0.25, -0.2) is 9.18 Å². The standard InChI is InChI=1S/C14H16FNO3/c1-14(2,3)19-13(17)10-7-8-9(16-10)5-6-11(18-4)12(8)15/h5-7,16H,1-4H3. The number of methoxy groups -OCH3 is 1. The van der Waals surface area contributed by atoms with Gasteiger partial charge in [0, 0.05) is 10.9 Å². The zero-order valence-electron chi connectivity index (χ0n) is 11.3. The maximum atomic E-state index is 14.0. The molecular formula is C14H16FNO3. The van der Waals surface area contributed by atoms with Gasteiger partial charge < -0.3 is 14.5 Å². The van der Waals surface area contributed by atoms with Gasteiger partial charge in [0.2, 0.25) is 0 Å². The number of hydrogen-bond donors (Lipinski definition) is 1. The van der Waals surface area contributed by atoms with Crippen LogP contribution in [0.15, 0.2) is 18.2 Å². The lowest BCUT2D eigenvalue weighted by Crippen LogP contribution is -2.24. The van der Waals surface area contributed by atoms with Gasteiger partial charge in [-0.1, -0.05) is 0 Å². The van der Waals surface area contributed by atoms with Crippen LogP contribution in [0.4, 0.5) is 4.39 Å². The third-order valence-electron chi connectivity index (χ3n) is 2.54. The van der Waals surface area contributed by atoms with Crippen molar-refractivity contribution in [2.24, 2.45) is 0 Å². The van der Waals surface area contributed by atoms with Crippen LogP contribution in [0.25, 0.3) is 10.9 Å². The number of ether oxygens (including phenoxy) is 2. The maximum absolute atomic E-state index is 14.0. The van der Waals surface area contributed by atoms with Crippen LogP contribution in [0, 0.1) is 5.82 Å². The summed E-state index contributed by atoms with van der Waals surface area (Å²) in [5.41, 5.74) is 0.154. The summed E-state index contributed by atoms with van der Waals surface area (Å²) in [4.78, 5) is 14.7. The average Bonchev–Trinajstić information content (AvgIpc) is 2.72. The Bertz CT molecular complexity index is 625. The van der Waals surface area contributed by atoms with Gasteiger partial charge in [-0.3, -0.25) is 0 Å². The Morgan fingerprint density at radius 2 is 2.00 bits per heavy atom. The lowest BCUT2D eigenvalue weighted by atomic mass is 10.2. The van der Waals surface area contributed by atoms with Gasteiger partial charge in [0.15, 0.2) is 11.6 Å². The molecule has 1 N–H and O–H groups in total. The van der Waals surface area contributed by atoms with Crippen molar-refractivity contribution in [3.63, 3.8) is 0 Å². The van der Waals surface area contributed by atoms with Crippen LogP contribution in [0.1, 0.15) is 31.3 Å². The molecule has 0 aliphatic carbocycles. The Morgan fingerprint density at radius 3 is 2.58 bits per heavy atom. The zero-order valence-corrected chi connectivity index (χ0v) is 11.3. The molecule has 0 spiro atoms. The SMILES string of the molecule is COc1ccc2[nH]c(C(=O)OC(C)(C)C)cc2c1F. The number of H-pyrrole nitrogens is 1. The molecule has 0 aliphatic heterocycles. The van der Waals surface area contributed by atoms with Crippen molar-refractivity contribution in [2.45, 2.75) is 26.4 Å². The van der Waals surface area contributed by atoms with E-state index in [4.69, 9.17) is 9.47 Å². The van der Waals surface area contributed by atoms with Gasteiger partial charge in [-0.05, 0) is 39.0 Å². The largest absolute Gasteiger partial charge is 0.494 e. The van der Waals surface area contributed by atoms with Gasteiger partial charge >= 0.3 is 5.97 Å². The number of rotatable bonds is 2. The normalized spacial score (nSPS) is 11.6. The Kier molecular flexibility index (Phi) is 3.22. The number of fused-ring (bicyclic) bond motifs is 1. The summed E-state index contributed by atoms with van der Waals surface area (Å²) in [6.07, 6.45) is 0. The van der Waals surface area contributed by atoms with Crippen LogP contribution in [0.2, 0.25) is 0 Å². The maximum Gasteiger partial charge on any atom is 0.355 e. The molecule has 0 saturated carbocycles. The highest BCUT2D eigenvalue weighted by molar-refractivity contribution is 5.95. The Hall–Kier alpha value is -2.04. The van der Waals surface area contributed by atoms with Crippen LogP contribution in [0.3, 0.4) is 0 Å². The van der Waals surface area contributed by atoms with E-state index < -0.39 is 17.4 Å². The molecule has 1 aromatic carbocycles. The van der Waals surface area contributed by atoms with Crippen LogP contribution < -0.4 is 4.74 Å². The summed E-state index contributed by atoms with van der Waals surface area (Å²) in [5.74, 6) is -0.865. The first-order valence-corrected chi connectivity index (χ1v) is 5.90. The minimum atomic E-state index is -0.593. The van der Waals surface area contributed by atoms with Gasteiger partial charge in [-0.2, -0.15) is 0 Å². The summed E-state index contributed by atoms with van der Waals surface area (Å²) in [7, 11) is 1.39. The lowest BCUT2D eigenvalue weighted by Gasteiger charge is -2.18. The van der Waals surface area contributed by atoms with Crippen molar-refractivity contribution < 1.29 is 18.7 Å². The molecule has 4 nitrogen and oxygen atoms in total. The molecule has 0 amide bonds. The number of aromatic amines is 1. The summed E-state index contributed by atoms with van der Waals surface area (Å²) in [6.45, 7) is 5.32.